The standard InChI is InChI=1S/C13H15F3N2O/c1-10-6-11(7-17)2-3-12(10)8-18-4-5-19-9-13(14,15)16/h2-3,6,18H,4-5,8-9H2,1H3. The maximum absolute atomic E-state index is 11.8. The maximum Gasteiger partial charge on any atom is 0.411 e. The van der Waals surface area contributed by atoms with Crippen LogP contribution in [0.4, 0.5) is 13.2 Å². The Kier molecular flexibility index (Phi) is 5.80. The van der Waals surface area contributed by atoms with E-state index in [1.165, 1.54) is 0 Å². The Morgan fingerprint density at radius 3 is 2.68 bits per heavy atom. The van der Waals surface area contributed by atoms with Gasteiger partial charge < -0.3 is 10.1 Å². The van der Waals surface area contributed by atoms with Crippen LogP contribution in [0.5, 0.6) is 0 Å². The van der Waals surface area contributed by atoms with Crippen molar-refractivity contribution < 1.29 is 17.9 Å². The van der Waals surface area contributed by atoms with Gasteiger partial charge in [-0.3, -0.25) is 0 Å². The Labute approximate surface area is 110 Å². The zero-order valence-corrected chi connectivity index (χ0v) is 10.5. The molecule has 19 heavy (non-hydrogen) atoms. The highest BCUT2D eigenvalue weighted by Gasteiger charge is 2.27. The van der Waals surface area contributed by atoms with Crippen molar-refractivity contribution in [2.45, 2.75) is 19.6 Å². The second-order valence-electron chi connectivity index (χ2n) is 4.10. The van der Waals surface area contributed by atoms with Crippen molar-refractivity contribution in [3.05, 3.63) is 34.9 Å². The lowest BCUT2D eigenvalue weighted by molar-refractivity contribution is -0.173. The lowest BCUT2D eigenvalue weighted by Crippen LogP contribution is -2.23. The average molecular weight is 272 g/mol. The number of hydrogen-bond donors (Lipinski definition) is 1. The molecule has 0 amide bonds. The molecule has 0 heterocycles. The monoisotopic (exact) mass is 272 g/mol. The van der Waals surface area contributed by atoms with E-state index in [9.17, 15) is 13.2 Å². The van der Waals surface area contributed by atoms with E-state index >= 15 is 0 Å². The number of hydrogen-bond acceptors (Lipinski definition) is 3. The number of nitrogens with zero attached hydrogens (tertiary/aromatic N) is 1. The molecule has 1 N–H and O–H groups in total. The zero-order valence-electron chi connectivity index (χ0n) is 10.5. The van der Waals surface area contributed by atoms with Gasteiger partial charge in [-0.15, -0.1) is 0 Å². The molecular formula is C13H15F3N2O. The molecule has 0 unspecified atom stereocenters. The molecule has 3 nitrogen and oxygen atoms in total. The van der Waals surface area contributed by atoms with Crippen molar-refractivity contribution in [3.63, 3.8) is 0 Å². The van der Waals surface area contributed by atoms with Gasteiger partial charge >= 0.3 is 6.18 Å². The number of nitrogens with one attached hydrogen (secondary N) is 1. The van der Waals surface area contributed by atoms with Gasteiger partial charge in [0, 0.05) is 13.1 Å². The normalized spacial score (nSPS) is 11.3. The largest absolute Gasteiger partial charge is 0.411 e. The van der Waals surface area contributed by atoms with Crippen LogP contribution < -0.4 is 5.32 Å². The SMILES string of the molecule is Cc1cc(C#N)ccc1CNCCOCC(F)(F)F. The minimum absolute atomic E-state index is 0.00877. The van der Waals surface area contributed by atoms with Crippen LogP contribution in [0.2, 0.25) is 0 Å². The lowest BCUT2D eigenvalue weighted by Gasteiger charge is -2.10. The molecule has 0 aliphatic rings. The van der Waals surface area contributed by atoms with Gasteiger partial charge in [0.1, 0.15) is 6.61 Å². The Hall–Kier alpha value is -1.58. The topological polar surface area (TPSA) is 45.0 Å². The third kappa shape index (κ3) is 6.22. The summed E-state index contributed by atoms with van der Waals surface area (Å²) in [4.78, 5) is 0. The second-order valence-corrected chi connectivity index (χ2v) is 4.10. The number of halogens is 3. The lowest BCUT2D eigenvalue weighted by atomic mass is 10.1. The summed E-state index contributed by atoms with van der Waals surface area (Å²) in [6, 6.07) is 7.36. The highest BCUT2D eigenvalue weighted by molar-refractivity contribution is 5.37. The first-order chi connectivity index (χ1) is 8.92. The van der Waals surface area contributed by atoms with Crippen molar-refractivity contribution in [2.24, 2.45) is 0 Å². The van der Waals surface area contributed by atoms with E-state index in [0.717, 1.165) is 11.1 Å². The van der Waals surface area contributed by atoms with Gasteiger partial charge in [0.2, 0.25) is 0 Å². The molecule has 0 bridgehead atoms. The minimum atomic E-state index is -4.27. The molecule has 104 valence electrons. The molecule has 0 aliphatic heterocycles. The Balaban J connectivity index is 2.25. The summed E-state index contributed by atoms with van der Waals surface area (Å²) < 4.78 is 39.8. The fraction of sp³-hybridized carbons (Fsp3) is 0.462. The van der Waals surface area contributed by atoms with Gasteiger partial charge in [0.05, 0.1) is 18.2 Å². The van der Waals surface area contributed by atoms with Gasteiger partial charge in [-0.1, -0.05) is 6.07 Å². The van der Waals surface area contributed by atoms with Gasteiger partial charge in [-0.25, -0.2) is 0 Å². The van der Waals surface area contributed by atoms with Crippen LogP contribution in [-0.2, 0) is 11.3 Å². The minimum Gasteiger partial charge on any atom is -0.371 e. The van der Waals surface area contributed by atoms with E-state index in [-0.39, 0.29) is 6.61 Å². The van der Waals surface area contributed by atoms with E-state index in [1.54, 1.807) is 12.1 Å². The summed E-state index contributed by atoms with van der Waals surface area (Å²) >= 11 is 0. The predicted molar refractivity (Wildman–Crippen MR) is 64.5 cm³/mol. The van der Waals surface area contributed by atoms with E-state index in [0.29, 0.717) is 18.7 Å². The zero-order chi connectivity index (χ0) is 14.3. The molecule has 0 saturated carbocycles. The summed E-state index contributed by atoms with van der Waals surface area (Å²) in [6.07, 6.45) is -4.27. The van der Waals surface area contributed by atoms with Crippen molar-refractivity contribution in [1.29, 1.82) is 5.26 Å². The van der Waals surface area contributed by atoms with Crippen molar-refractivity contribution in [1.82, 2.24) is 5.32 Å². The molecule has 1 aromatic carbocycles. The second kappa shape index (κ2) is 7.12. The van der Waals surface area contributed by atoms with Crippen molar-refractivity contribution in [3.8, 4) is 6.07 Å². The third-order valence-electron chi connectivity index (χ3n) is 2.48. The molecule has 6 heteroatoms. The Morgan fingerprint density at radius 1 is 1.37 bits per heavy atom. The van der Waals surface area contributed by atoms with Crippen LogP contribution in [0.3, 0.4) is 0 Å². The molecular weight excluding hydrogens is 257 g/mol. The summed E-state index contributed by atoms with van der Waals surface area (Å²) in [5, 5.41) is 11.7. The average Bonchev–Trinajstić information content (AvgIpc) is 2.33. The Bertz CT molecular complexity index is 452. The number of rotatable bonds is 6. The summed E-state index contributed by atoms with van der Waals surface area (Å²) in [7, 11) is 0. The van der Waals surface area contributed by atoms with Crippen molar-refractivity contribution >= 4 is 0 Å². The summed E-state index contributed by atoms with van der Waals surface area (Å²) in [5.41, 5.74) is 2.58. The van der Waals surface area contributed by atoms with Crippen LogP contribution in [0, 0.1) is 18.3 Å². The highest BCUT2D eigenvalue weighted by atomic mass is 19.4. The smallest absolute Gasteiger partial charge is 0.371 e. The third-order valence-corrected chi connectivity index (χ3v) is 2.48. The number of benzene rings is 1. The molecule has 0 atom stereocenters. The van der Waals surface area contributed by atoms with E-state index < -0.39 is 12.8 Å². The molecule has 0 radical (unpaired) electrons. The number of aryl methyl sites for hydroxylation is 1. The first-order valence-electron chi connectivity index (χ1n) is 5.77. The highest BCUT2D eigenvalue weighted by Crippen LogP contribution is 2.14. The quantitative estimate of drug-likeness (QED) is 0.809. The van der Waals surface area contributed by atoms with E-state index in [4.69, 9.17) is 5.26 Å². The fourth-order valence-electron chi connectivity index (χ4n) is 1.52. The van der Waals surface area contributed by atoms with E-state index in [2.05, 4.69) is 10.1 Å². The van der Waals surface area contributed by atoms with Crippen LogP contribution in [0.1, 0.15) is 16.7 Å². The van der Waals surface area contributed by atoms with Crippen LogP contribution in [0.15, 0.2) is 18.2 Å². The first kappa shape index (κ1) is 15.5. The van der Waals surface area contributed by atoms with Gasteiger partial charge in [0.15, 0.2) is 0 Å². The molecule has 0 saturated heterocycles. The van der Waals surface area contributed by atoms with E-state index in [1.807, 2.05) is 19.1 Å². The number of alkyl halides is 3. The molecule has 0 fully saturated rings. The van der Waals surface area contributed by atoms with Crippen LogP contribution >= 0.6 is 0 Å². The Morgan fingerprint density at radius 2 is 2.11 bits per heavy atom. The van der Waals surface area contributed by atoms with Crippen LogP contribution in [0.25, 0.3) is 0 Å². The van der Waals surface area contributed by atoms with Gasteiger partial charge in [-0.05, 0) is 30.2 Å². The fourth-order valence-corrected chi connectivity index (χ4v) is 1.52. The van der Waals surface area contributed by atoms with Gasteiger partial charge in [-0.2, -0.15) is 18.4 Å². The molecule has 0 spiro atoms. The summed E-state index contributed by atoms with van der Waals surface area (Å²) in [6.45, 7) is 1.56. The first-order valence-corrected chi connectivity index (χ1v) is 5.77. The number of nitriles is 1. The molecule has 1 aromatic rings. The van der Waals surface area contributed by atoms with Crippen molar-refractivity contribution in [2.75, 3.05) is 19.8 Å². The maximum atomic E-state index is 11.8. The predicted octanol–water partition coefficient (Wildman–Crippen LogP) is 2.54. The number of ether oxygens (including phenoxy) is 1. The summed E-state index contributed by atoms with van der Waals surface area (Å²) in [5.74, 6) is 0. The molecule has 1 rings (SSSR count). The van der Waals surface area contributed by atoms with Crippen LogP contribution in [-0.4, -0.2) is 25.9 Å². The molecule has 0 aromatic heterocycles. The molecule has 0 aliphatic carbocycles. The van der Waals surface area contributed by atoms with Gasteiger partial charge in [0.25, 0.3) is 0 Å².